The maximum absolute atomic E-state index is 5.26. The molecular weight excluding hydrogens is 200 g/mol. The van der Waals surface area contributed by atoms with Crippen LogP contribution in [0.25, 0.3) is 0 Å². The van der Waals surface area contributed by atoms with E-state index in [1.54, 1.807) is 25.8 Å². The Hall–Kier alpha value is -0.550. The summed E-state index contributed by atoms with van der Waals surface area (Å²) in [7, 11) is 1.72. The van der Waals surface area contributed by atoms with Crippen molar-refractivity contribution in [2.24, 2.45) is 0 Å². The Bertz CT molecular complexity index is 265. The smallest absolute Gasteiger partial charge is 0.226 e. The Balaban J connectivity index is 2.20. The molecule has 0 radical (unpaired) electrons. The van der Waals surface area contributed by atoms with Crippen molar-refractivity contribution in [2.75, 3.05) is 13.7 Å². The van der Waals surface area contributed by atoms with Gasteiger partial charge in [0.05, 0.1) is 5.75 Å². The molecule has 0 spiro atoms. The van der Waals surface area contributed by atoms with E-state index < -0.39 is 0 Å². The Labute approximate surface area is 88.4 Å². The van der Waals surface area contributed by atoms with Crippen LogP contribution in [-0.4, -0.2) is 29.2 Å². The molecule has 1 rings (SSSR count). The molecule has 14 heavy (non-hydrogen) atoms. The van der Waals surface area contributed by atoms with Gasteiger partial charge in [-0.15, -0.1) is 22.0 Å². The number of nitrogens with zero attached hydrogens (tertiary/aromatic N) is 2. The van der Waals surface area contributed by atoms with Crippen molar-refractivity contribution in [3.63, 3.8) is 0 Å². The number of hydrogen-bond donors (Lipinski definition) is 0. The SMILES string of the molecule is COCC[C@H](C)SCc1nnc(C)o1. The van der Waals surface area contributed by atoms with E-state index in [0.29, 0.717) is 17.0 Å². The number of thioether (sulfide) groups is 1. The van der Waals surface area contributed by atoms with Gasteiger partial charge in [0.15, 0.2) is 0 Å². The molecule has 0 unspecified atom stereocenters. The first-order valence-corrected chi connectivity index (χ1v) is 5.66. The second-order valence-corrected chi connectivity index (χ2v) is 4.54. The van der Waals surface area contributed by atoms with E-state index in [4.69, 9.17) is 9.15 Å². The summed E-state index contributed by atoms with van der Waals surface area (Å²) in [6.07, 6.45) is 1.05. The molecule has 0 aliphatic heterocycles. The summed E-state index contributed by atoms with van der Waals surface area (Å²) < 4.78 is 10.3. The molecular formula is C9H16N2O2S. The van der Waals surface area contributed by atoms with Gasteiger partial charge in [-0.3, -0.25) is 0 Å². The van der Waals surface area contributed by atoms with Crippen LogP contribution < -0.4 is 0 Å². The van der Waals surface area contributed by atoms with Crippen molar-refractivity contribution < 1.29 is 9.15 Å². The van der Waals surface area contributed by atoms with Gasteiger partial charge in [-0.05, 0) is 6.42 Å². The minimum absolute atomic E-state index is 0.558. The van der Waals surface area contributed by atoms with Gasteiger partial charge in [0, 0.05) is 25.9 Å². The molecule has 4 nitrogen and oxygen atoms in total. The average molecular weight is 216 g/mol. The number of aryl methyl sites for hydroxylation is 1. The Morgan fingerprint density at radius 3 is 2.86 bits per heavy atom. The summed E-state index contributed by atoms with van der Waals surface area (Å²) in [4.78, 5) is 0. The summed E-state index contributed by atoms with van der Waals surface area (Å²) in [5.41, 5.74) is 0. The molecule has 5 heteroatoms. The van der Waals surface area contributed by atoms with Gasteiger partial charge in [-0.25, -0.2) is 0 Å². The van der Waals surface area contributed by atoms with E-state index in [1.807, 2.05) is 0 Å². The van der Waals surface area contributed by atoms with E-state index in [9.17, 15) is 0 Å². The predicted octanol–water partition coefficient (Wildman–Crippen LogP) is 2.04. The topological polar surface area (TPSA) is 48.2 Å². The fourth-order valence-electron chi connectivity index (χ4n) is 0.977. The van der Waals surface area contributed by atoms with Crippen molar-refractivity contribution in [3.8, 4) is 0 Å². The zero-order chi connectivity index (χ0) is 10.4. The Morgan fingerprint density at radius 1 is 1.50 bits per heavy atom. The molecule has 0 fully saturated rings. The monoisotopic (exact) mass is 216 g/mol. The standard InChI is InChI=1S/C9H16N2O2S/c1-7(4-5-12-3)14-6-9-11-10-8(2)13-9/h7H,4-6H2,1-3H3/t7-/m0/s1. The molecule has 80 valence electrons. The zero-order valence-corrected chi connectivity index (χ0v) is 9.63. The van der Waals surface area contributed by atoms with Crippen LogP contribution in [0.15, 0.2) is 4.42 Å². The normalized spacial score (nSPS) is 13.1. The van der Waals surface area contributed by atoms with Crippen molar-refractivity contribution >= 4 is 11.8 Å². The fourth-order valence-corrected chi connectivity index (χ4v) is 1.78. The van der Waals surface area contributed by atoms with E-state index in [-0.39, 0.29) is 0 Å². The quantitative estimate of drug-likeness (QED) is 0.728. The highest BCUT2D eigenvalue weighted by molar-refractivity contribution is 7.99. The van der Waals surface area contributed by atoms with Crippen LogP contribution in [-0.2, 0) is 10.5 Å². The van der Waals surface area contributed by atoms with Crippen LogP contribution in [0.1, 0.15) is 25.1 Å². The number of ether oxygens (including phenoxy) is 1. The van der Waals surface area contributed by atoms with E-state index in [0.717, 1.165) is 18.8 Å². The van der Waals surface area contributed by atoms with Gasteiger partial charge < -0.3 is 9.15 Å². The lowest BCUT2D eigenvalue weighted by atomic mass is 10.3. The molecule has 1 aromatic rings. The van der Waals surface area contributed by atoms with Crippen LogP contribution in [0.3, 0.4) is 0 Å². The van der Waals surface area contributed by atoms with Gasteiger partial charge >= 0.3 is 0 Å². The second kappa shape index (κ2) is 6.03. The fraction of sp³-hybridized carbons (Fsp3) is 0.778. The first-order chi connectivity index (χ1) is 6.72. The van der Waals surface area contributed by atoms with Crippen molar-refractivity contribution in [3.05, 3.63) is 11.8 Å². The molecule has 1 atom stereocenters. The molecule has 1 heterocycles. The van der Waals surface area contributed by atoms with Crippen molar-refractivity contribution in [1.29, 1.82) is 0 Å². The predicted molar refractivity (Wildman–Crippen MR) is 56.3 cm³/mol. The first kappa shape index (κ1) is 11.5. The number of rotatable bonds is 6. The molecule has 0 N–H and O–H groups in total. The van der Waals surface area contributed by atoms with Crippen molar-refractivity contribution in [1.82, 2.24) is 10.2 Å². The van der Waals surface area contributed by atoms with E-state index in [1.165, 1.54) is 0 Å². The minimum Gasteiger partial charge on any atom is -0.425 e. The van der Waals surface area contributed by atoms with Gasteiger partial charge in [0.25, 0.3) is 0 Å². The summed E-state index contributed by atoms with van der Waals surface area (Å²) in [6, 6.07) is 0. The third-order valence-corrected chi connectivity index (χ3v) is 3.01. The number of methoxy groups -OCH3 is 1. The molecule has 0 bridgehead atoms. The summed E-state index contributed by atoms with van der Waals surface area (Å²) in [5, 5.41) is 8.26. The van der Waals surface area contributed by atoms with Crippen LogP contribution in [0.4, 0.5) is 0 Å². The van der Waals surface area contributed by atoms with Gasteiger partial charge in [0.1, 0.15) is 0 Å². The van der Waals surface area contributed by atoms with Gasteiger partial charge in [0.2, 0.25) is 11.8 Å². The first-order valence-electron chi connectivity index (χ1n) is 4.62. The molecule has 1 aromatic heterocycles. The molecule has 0 aromatic carbocycles. The van der Waals surface area contributed by atoms with Gasteiger partial charge in [-0.2, -0.15) is 0 Å². The number of aromatic nitrogens is 2. The van der Waals surface area contributed by atoms with Crippen LogP contribution in [0.2, 0.25) is 0 Å². The minimum atomic E-state index is 0.558. The van der Waals surface area contributed by atoms with Crippen LogP contribution in [0, 0.1) is 6.92 Å². The highest BCUT2D eigenvalue weighted by atomic mass is 32.2. The molecule has 0 saturated heterocycles. The Kier molecular flexibility index (Phi) is 4.97. The maximum atomic E-state index is 5.26. The number of hydrogen-bond acceptors (Lipinski definition) is 5. The molecule has 0 aliphatic rings. The maximum Gasteiger partial charge on any atom is 0.226 e. The highest BCUT2D eigenvalue weighted by Gasteiger charge is 2.06. The van der Waals surface area contributed by atoms with Gasteiger partial charge in [-0.1, -0.05) is 6.92 Å². The zero-order valence-electron chi connectivity index (χ0n) is 8.82. The third-order valence-electron chi connectivity index (χ3n) is 1.79. The lowest BCUT2D eigenvalue weighted by Gasteiger charge is -2.07. The Morgan fingerprint density at radius 2 is 2.29 bits per heavy atom. The van der Waals surface area contributed by atoms with Crippen LogP contribution in [0.5, 0.6) is 0 Å². The lowest BCUT2D eigenvalue weighted by Crippen LogP contribution is -2.01. The summed E-state index contributed by atoms with van der Waals surface area (Å²) >= 11 is 1.81. The molecule has 0 amide bonds. The van der Waals surface area contributed by atoms with E-state index in [2.05, 4.69) is 17.1 Å². The third kappa shape index (κ3) is 4.11. The largest absolute Gasteiger partial charge is 0.425 e. The van der Waals surface area contributed by atoms with Crippen LogP contribution >= 0.6 is 11.8 Å². The lowest BCUT2D eigenvalue weighted by molar-refractivity contribution is 0.195. The van der Waals surface area contributed by atoms with E-state index >= 15 is 0 Å². The summed E-state index contributed by atoms with van der Waals surface area (Å²) in [5.74, 6) is 2.12. The molecule has 0 saturated carbocycles. The molecule has 0 aliphatic carbocycles. The second-order valence-electron chi connectivity index (χ2n) is 3.12. The summed E-state index contributed by atoms with van der Waals surface area (Å²) in [6.45, 7) is 4.78. The van der Waals surface area contributed by atoms with Crippen molar-refractivity contribution in [2.45, 2.75) is 31.3 Å². The average Bonchev–Trinajstić information content (AvgIpc) is 2.58. The highest BCUT2D eigenvalue weighted by Crippen LogP contribution is 2.18.